The summed E-state index contributed by atoms with van der Waals surface area (Å²) < 4.78 is 38.2. The van der Waals surface area contributed by atoms with E-state index in [0.29, 0.717) is 47.9 Å². The van der Waals surface area contributed by atoms with Gasteiger partial charge in [0.1, 0.15) is 5.76 Å². The maximum atomic E-state index is 12.7. The standard InChI is InChI=1S/C21H19F3O2/c1-2-13-6-7-15(14-8-10-16(11-9-14)21(22,23)24)12-17(13)20-18(25)4-3-5-19(20)26/h6-12,25H,2-5H2,1H3. The van der Waals surface area contributed by atoms with E-state index in [9.17, 15) is 23.1 Å². The highest BCUT2D eigenvalue weighted by Gasteiger charge is 2.30. The molecule has 2 aromatic rings. The lowest BCUT2D eigenvalue weighted by molar-refractivity contribution is -0.137. The molecule has 0 unspecified atom stereocenters. The van der Waals surface area contributed by atoms with Crippen molar-refractivity contribution in [1.29, 1.82) is 0 Å². The summed E-state index contributed by atoms with van der Waals surface area (Å²) in [4.78, 5) is 12.3. The van der Waals surface area contributed by atoms with Gasteiger partial charge in [0, 0.05) is 12.8 Å². The fourth-order valence-corrected chi connectivity index (χ4v) is 3.28. The first-order valence-corrected chi connectivity index (χ1v) is 8.57. The molecule has 2 nitrogen and oxygen atoms in total. The molecule has 1 N–H and O–H groups in total. The minimum Gasteiger partial charge on any atom is -0.512 e. The minimum atomic E-state index is -4.37. The van der Waals surface area contributed by atoms with Crippen LogP contribution in [0.25, 0.3) is 16.7 Å². The predicted octanol–water partition coefficient (Wildman–Crippen LogP) is 5.96. The molecule has 0 aromatic heterocycles. The van der Waals surface area contributed by atoms with Crippen molar-refractivity contribution in [3.05, 3.63) is 64.9 Å². The normalized spacial score (nSPS) is 15.5. The van der Waals surface area contributed by atoms with Crippen LogP contribution < -0.4 is 0 Å². The molecule has 0 amide bonds. The van der Waals surface area contributed by atoms with E-state index in [-0.39, 0.29) is 11.5 Å². The number of hydrogen-bond donors (Lipinski definition) is 1. The van der Waals surface area contributed by atoms with Crippen LogP contribution in [0.15, 0.2) is 48.2 Å². The predicted molar refractivity (Wildman–Crippen MR) is 94.7 cm³/mol. The van der Waals surface area contributed by atoms with Gasteiger partial charge in [0.15, 0.2) is 5.78 Å². The Hall–Kier alpha value is -2.56. The van der Waals surface area contributed by atoms with Crippen molar-refractivity contribution in [2.24, 2.45) is 0 Å². The van der Waals surface area contributed by atoms with Gasteiger partial charge in [-0.05, 0) is 53.3 Å². The number of rotatable bonds is 3. The number of aryl methyl sites for hydroxylation is 1. The maximum absolute atomic E-state index is 12.7. The number of allylic oxidation sites excluding steroid dienone is 2. The molecule has 0 heterocycles. The van der Waals surface area contributed by atoms with Crippen molar-refractivity contribution in [1.82, 2.24) is 0 Å². The van der Waals surface area contributed by atoms with E-state index in [1.54, 1.807) is 6.07 Å². The highest BCUT2D eigenvalue weighted by atomic mass is 19.4. The zero-order valence-corrected chi connectivity index (χ0v) is 14.4. The van der Waals surface area contributed by atoms with Crippen molar-refractivity contribution in [2.75, 3.05) is 0 Å². The molecule has 0 radical (unpaired) electrons. The second kappa shape index (κ2) is 6.98. The van der Waals surface area contributed by atoms with Gasteiger partial charge in [-0.25, -0.2) is 0 Å². The Morgan fingerprint density at radius 2 is 1.65 bits per heavy atom. The second-order valence-corrected chi connectivity index (χ2v) is 6.40. The summed E-state index contributed by atoms with van der Waals surface area (Å²) in [6.07, 6.45) is -2.19. The molecule has 0 saturated heterocycles. The first kappa shape index (κ1) is 18.2. The van der Waals surface area contributed by atoms with E-state index in [0.717, 1.165) is 17.7 Å². The molecule has 0 fully saturated rings. The molecule has 0 aliphatic heterocycles. The molecular formula is C21H19F3O2. The molecule has 0 bridgehead atoms. The van der Waals surface area contributed by atoms with Crippen LogP contribution in [0.1, 0.15) is 42.9 Å². The monoisotopic (exact) mass is 360 g/mol. The van der Waals surface area contributed by atoms with E-state index in [1.807, 2.05) is 19.1 Å². The highest BCUT2D eigenvalue weighted by molar-refractivity contribution is 6.22. The van der Waals surface area contributed by atoms with E-state index in [4.69, 9.17) is 0 Å². The first-order chi connectivity index (χ1) is 12.3. The van der Waals surface area contributed by atoms with Crippen LogP contribution >= 0.6 is 0 Å². The van der Waals surface area contributed by atoms with Crippen LogP contribution in [0, 0.1) is 0 Å². The molecule has 5 heteroatoms. The van der Waals surface area contributed by atoms with Crippen LogP contribution in [0.5, 0.6) is 0 Å². The fraction of sp³-hybridized carbons (Fsp3) is 0.286. The van der Waals surface area contributed by atoms with E-state index < -0.39 is 11.7 Å². The summed E-state index contributed by atoms with van der Waals surface area (Å²) in [6, 6.07) is 10.4. The number of carbonyl (C=O) groups excluding carboxylic acids is 1. The third kappa shape index (κ3) is 3.52. The quantitative estimate of drug-likeness (QED) is 0.734. The van der Waals surface area contributed by atoms with Crippen molar-refractivity contribution < 1.29 is 23.1 Å². The van der Waals surface area contributed by atoms with Crippen molar-refractivity contribution in [3.8, 4) is 11.1 Å². The summed E-state index contributed by atoms with van der Waals surface area (Å²) in [5.41, 5.74) is 2.59. The third-order valence-corrected chi connectivity index (χ3v) is 4.69. The zero-order chi connectivity index (χ0) is 18.9. The maximum Gasteiger partial charge on any atom is 0.416 e. The Bertz CT molecular complexity index is 862. The van der Waals surface area contributed by atoms with Crippen LogP contribution in [0.3, 0.4) is 0 Å². The summed E-state index contributed by atoms with van der Waals surface area (Å²) in [7, 11) is 0. The lowest BCUT2D eigenvalue weighted by Crippen LogP contribution is -2.12. The number of aliphatic hydroxyl groups excluding tert-OH is 1. The Morgan fingerprint density at radius 3 is 2.23 bits per heavy atom. The number of alkyl halides is 3. The number of benzene rings is 2. The molecule has 0 saturated carbocycles. The van der Waals surface area contributed by atoms with Gasteiger partial charge >= 0.3 is 6.18 Å². The smallest absolute Gasteiger partial charge is 0.416 e. The number of aliphatic hydroxyl groups is 1. The van der Waals surface area contributed by atoms with Crippen molar-refractivity contribution in [3.63, 3.8) is 0 Å². The molecule has 0 atom stereocenters. The summed E-state index contributed by atoms with van der Waals surface area (Å²) in [5, 5.41) is 10.2. The van der Waals surface area contributed by atoms with Gasteiger partial charge in [0.25, 0.3) is 0 Å². The molecular weight excluding hydrogens is 341 g/mol. The lowest BCUT2D eigenvalue weighted by Gasteiger charge is -2.19. The molecule has 0 spiro atoms. The van der Waals surface area contributed by atoms with Gasteiger partial charge in [0.2, 0.25) is 0 Å². The number of carbonyl (C=O) groups is 1. The summed E-state index contributed by atoms with van der Waals surface area (Å²) in [6.45, 7) is 1.96. The molecule has 1 aliphatic carbocycles. The fourth-order valence-electron chi connectivity index (χ4n) is 3.28. The van der Waals surface area contributed by atoms with Crippen LogP contribution in [0.4, 0.5) is 13.2 Å². The average molecular weight is 360 g/mol. The summed E-state index contributed by atoms with van der Waals surface area (Å²) in [5.74, 6) is 0.00791. The third-order valence-electron chi connectivity index (χ3n) is 4.69. The molecule has 136 valence electrons. The average Bonchev–Trinajstić information content (AvgIpc) is 2.61. The van der Waals surface area contributed by atoms with Gasteiger partial charge in [-0.3, -0.25) is 4.79 Å². The molecule has 1 aliphatic rings. The van der Waals surface area contributed by atoms with Gasteiger partial charge in [0.05, 0.1) is 11.1 Å². The Balaban J connectivity index is 2.07. The van der Waals surface area contributed by atoms with Gasteiger partial charge in [-0.2, -0.15) is 13.2 Å². The zero-order valence-electron chi connectivity index (χ0n) is 14.4. The van der Waals surface area contributed by atoms with Gasteiger partial charge < -0.3 is 5.11 Å². The Morgan fingerprint density at radius 1 is 1.00 bits per heavy atom. The highest BCUT2D eigenvalue weighted by Crippen LogP contribution is 2.35. The van der Waals surface area contributed by atoms with E-state index >= 15 is 0 Å². The van der Waals surface area contributed by atoms with Crippen molar-refractivity contribution >= 4 is 11.4 Å². The number of ketones is 1. The number of hydrogen-bond acceptors (Lipinski definition) is 2. The van der Waals surface area contributed by atoms with Crippen LogP contribution in [-0.2, 0) is 17.4 Å². The van der Waals surface area contributed by atoms with Gasteiger partial charge in [-0.1, -0.05) is 31.2 Å². The Kier molecular flexibility index (Phi) is 4.90. The van der Waals surface area contributed by atoms with Crippen LogP contribution in [0.2, 0.25) is 0 Å². The Labute approximate surface area is 150 Å². The number of halogens is 3. The van der Waals surface area contributed by atoms with E-state index in [1.165, 1.54) is 12.1 Å². The SMILES string of the molecule is CCc1ccc(-c2ccc(C(F)(F)F)cc2)cc1C1=C(O)CCCC1=O. The van der Waals surface area contributed by atoms with Crippen LogP contribution in [-0.4, -0.2) is 10.9 Å². The topological polar surface area (TPSA) is 37.3 Å². The first-order valence-electron chi connectivity index (χ1n) is 8.57. The van der Waals surface area contributed by atoms with Gasteiger partial charge in [-0.15, -0.1) is 0 Å². The lowest BCUT2D eigenvalue weighted by atomic mass is 9.86. The summed E-state index contributed by atoms with van der Waals surface area (Å²) >= 11 is 0. The second-order valence-electron chi connectivity index (χ2n) is 6.40. The molecule has 26 heavy (non-hydrogen) atoms. The number of Topliss-reactive ketones (excluding diaryl/α,β-unsaturated/α-hetero) is 1. The van der Waals surface area contributed by atoms with E-state index in [2.05, 4.69) is 0 Å². The molecule has 2 aromatic carbocycles. The minimum absolute atomic E-state index is 0.0898. The molecule has 3 rings (SSSR count). The largest absolute Gasteiger partial charge is 0.512 e. The van der Waals surface area contributed by atoms with Crippen molar-refractivity contribution in [2.45, 2.75) is 38.8 Å².